The predicted molar refractivity (Wildman–Crippen MR) is 66.1 cm³/mol. The first-order chi connectivity index (χ1) is 11.7. The zero-order valence-electron chi connectivity index (χ0n) is 11.3. The Morgan fingerprint density at radius 1 is 0.480 bits per heavy atom. The zero-order chi connectivity index (χ0) is 19.0. The van der Waals surface area contributed by atoms with Crippen molar-refractivity contribution in [2.75, 3.05) is 0 Å². The minimum absolute atomic E-state index is 0.690. The van der Waals surface area contributed by atoms with Crippen LogP contribution >= 0.6 is 11.8 Å². The van der Waals surface area contributed by atoms with Crippen molar-refractivity contribution in [3.63, 3.8) is 0 Å². The molecule has 2 aromatic rings. The average molecular weight is 380 g/mol. The average Bonchev–Trinajstić information content (AvgIpc) is 2.59. The molecule has 128 valence electrons. The Labute approximate surface area is 137 Å². The van der Waals surface area contributed by atoms with Crippen LogP contribution in [-0.4, -0.2) is 0 Å². The Bertz CT molecular complexity index is 853. The fraction of sp³-hybridized carbons (Fsp3) is 0. The molecule has 0 saturated carbocycles. The van der Waals surface area contributed by atoms with Crippen LogP contribution in [0.25, 0.3) is 0 Å². The first-order valence-electron chi connectivity index (χ1n) is 5.87. The van der Waals surface area contributed by atoms with E-state index in [0.717, 1.165) is 12.1 Å². The molecule has 0 heterocycles. The van der Waals surface area contributed by atoms with Crippen LogP contribution in [0.5, 0.6) is 0 Å². The fourth-order valence-corrected chi connectivity index (χ4v) is 2.62. The second-order valence-corrected chi connectivity index (χ2v) is 5.27. The number of hydrogen-bond donors (Lipinski definition) is 0. The highest BCUT2D eigenvalue weighted by atomic mass is 32.2. The second kappa shape index (κ2) is 6.61. The highest BCUT2D eigenvalue weighted by Crippen LogP contribution is 2.40. The van der Waals surface area contributed by atoms with Gasteiger partial charge < -0.3 is 0 Å². The molecule has 2 rings (SSSR count). The highest BCUT2D eigenvalue weighted by molar-refractivity contribution is 7.99. The van der Waals surface area contributed by atoms with E-state index in [-0.39, 0.29) is 0 Å². The summed E-state index contributed by atoms with van der Waals surface area (Å²) in [6.07, 6.45) is 0. The van der Waals surface area contributed by atoms with Gasteiger partial charge in [0.25, 0.3) is 0 Å². The van der Waals surface area contributed by atoms with Crippen molar-refractivity contribution < 1.29 is 35.1 Å². The van der Waals surface area contributed by atoms with Gasteiger partial charge in [-0.05, 0) is 0 Å². The Balaban J connectivity index is 2.76. The molecule has 0 aliphatic heterocycles. The number of rotatable bonds is 2. The molecule has 0 bridgehead atoms. The van der Waals surface area contributed by atoms with Gasteiger partial charge in [0, 0.05) is 0 Å². The van der Waals surface area contributed by atoms with Gasteiger partial charge in [-0.15, -0.1) is 0 Å². The molecule has 0 aliphatic carbocycles. The van der Waals surface area contributed by atoms with E-state index in [2.05, 4.69) is 0 Å². The van der Waals surface area contributed by atoms with Gasteiger partial charge in [-0.3, -0.25) is 0 Å². The van der Waals surface area contributed by atoms with Crippen molar-refractivity contribution in [1.82, 2.24) is 0 Å². The minimum atomic E-state index is -2.19. The summed E-state index contributed by atoms with van der Waals surface area (Å²) in [6, 6.07) is 1.70. The van der Waals surface area contributed by atoms with Gasteiger partial charge in [0.2, 0.25) is 0 Å². The maximum absolute atomic E-state index is 13.7. The first-order valence-corrected chi connectivity index (χ1v) is 6.68. The molecule has 0 amide bonds. The van der Waals surface area contributed by atoms with E-state index in [1.54, 1.807) is 0 Å². The van der Waals surface area contributed by atoms with Crippen LogP contribution in [-0.2, 0) is 0 Å². The summed E-state index contributed by atoms with van der Waals surface area (Å²) in [5.74, 6) is -17.4. The number of nitrogens with zero attached hydrogens (tertiary/aromatic N) is 2. The van der Waals surface area contributed by atoms with Gasteiger partial charge in [0.1, 0.15) is 23.3 Å². The van der Waals surface area contributed by atoms with Crippen molar-refractivity contribution >= 4 is 11.8 Å². The van der Waals surface area contributed by atoms with Crippen LogP contribution in [0.3, 0.4) is 0 Å². The highest BCUT2D eigenvalue weighted by Gasteiger charge is 2.31. The van der Waals surface area contributed by atoms with Crippen LogP contribution in [0.15, 0.2) is 9.79 Å². The summed E-state index contributed by atoms with van der Waals surface area (Å²) in [6.45, 7) is 0. The molecule has 0 spiro atoms. The number of benzene rings is 2. The van der Waals surface area contributed by atoms with E-state index in [0.29, 0.717) is 0 Å². The third-order valence-corrected chi connectivity index (χ3v) is 4.00. The molecule has 0 saturated heterocycles. The summed E-state index contributed by atoms with van der Waals surface area (Å²) in [7, 11) is 0. The molecule has 2 nitrogen and oxygen atoms in total. The van der Waals surface area contributed by atoms with Crippen LogP contribution in [0.1, 0.15) is 11.1 Å². The lowest BCUT2D eigenvalue weighted by atomic mass is 10.2. The minimum Gasteiger partial charge on any atom is -0.202 e. The van der Waals surface area contributed by atoms with Gasteiger partial charge in [-0.25, -0.2) is 35.1 Å². The number of hydrogen-bond acceptors (Lipinski definition) is 3. The van der Waals surface area contributed by atoms with Gasteiger partial charge in [-0.2, -0.15) is 10.5 Å². The molecule has 0 aliphatic rings. The van der Waals surface area contributed by atoms with Gasteiger partial charge in [0.15, 0.2) is 46.5 Å². The van der Waals surface area contributed by atoms with E-state index < -0.39 is 79.2 Å². The van der Waals surface area contributed by atoms with E-state index in [4.69, 9.17) is 10.5 Å². The number of nitriles is 2. The van der Waals surface area contributed by atoms with Crippen molar-refractivity contribution in [1.29, 1.82) is 10.5 Å². The van der Waals surface area contributed by atoms with Crippen LogP contribution in [0.2, 0.25) is 0 Å². The molecule has 25 heavy (non-hydrogen) atoms. The maximum Gasteiger partial charge on any atom is 0.180 e. The Hall–Kier alpha value is -2.79. The molecule has 0 atom stereocenters. The van der Waals surface area contributed by atoms with Gasteiger partial charge in [0.05, 0.1) is 9.79 Å². The van der Waals surface area contributed by atoms with E-state index in [9.17, 15) is 35.1 Å². The van der Waals surface area contributed by atoms with Gasteiger partial charge >= 0.3 is 0 Å². The molecule has 0 unspecified atom stereocenters. The van der Waals surface area contributed by atoms with Crippen molar-refractivity contribution in [3.8, 4) is 12.1 Å². The molecule has 0 radical (unpaired) electrons. The zero-order valence-corrected chi connectivity index (χ0v) is 12.1. The van der Waals surface area contributed by atoms with Gasteiger partial charge in [-0.1, -0.05) is 11.8 Å². The van der Waals surface area contributed by atoms with Crippen LogP contribution in [0, 0.1) is 69.2 Å². The molecule has 0 aromatic heterocycles. The molecular weight excluding hydrogens is 380 g/mol. The lowest BCUT2D eigenvalue weighted by molar-refractivity contribution is 0.416. The fourth-order valence-electron chi connectivity index (χ4n) is 1.70. The van der Waals surface area contributed by atoms with E-state index in [1.165, 1.54) is 0 Å². The standard InChI is InChI=1S/C14F8N2S/c15-5-3(1-23)6(16)10(20)13(9(5)19)25-14-11(21)7(17)4(2-24)8(18)12(14)22. The summed E-state index contributed by atoms with van der Waals surface area (Å²) >= 11 is -0.690. The number of halogens is 8. The SMILES string of the molecule is N#Cc1c(F)c(F)c(Sc2c(F)c(F)c(C#N)c(F)c2F)c(F)c1F. The predicted octanol–water partition coefficient (Wildman–Crippen LogP) is 4.69. The third-order valence-electron chi connectivity index (χ3n) is 2.87. The monoisotopic (exact) mass is 380 g/mol. The molecule has 0 N–H and O–H groups in total. The topological polar surface area (TPSA) is 47.6 Å². The largest absolute Gasteiger partial charge is 0.202 e. The summed E-state index contributed by atoms with van der Waals surface area (Å²) < 4.78 is 109. The quantitative estimate of drug-likeness (QED) is 0.561. The normalized spacial score (nSPS) is 10.5. The van der Waals surface area contributed by atoms with Crippen LogP contribution < -0.4 is 0 Å². The molecular formula is C14F8N2S. The smallest absolute Gasteiger partial charge is 0.180 e. The Morgan fingerprint density at radius 2 is 0.720 bits per heavy atom. The third kappa shape index (κ3) is 2.76. The summed E-state index contributed by atoms with van der Waals surface area (Å²) in [5, 5.41) is 16.9. The molecule has 0 fully saturated rings. The van der Waals surface area contributed by atoms with Crippen molar-refractivity contribution in [2.45, 2.75) is 9.79 Å². The van der Waals surface area contributed by atoms with Crippen molar-refractivity contribution in [3.05, 3.63) is 57.7 Å². The lowest BCUT2D eigenvalue weighted by Crippen LogP contribution is -2.06. The van der Waals surface area contributed by atoms with Crippen molar-refractivity contribution in [2.24, 2.45) is 0 Å². The van der Waals surface area contributed by atoms with E-state index in [1.807, 2.05) is 0 Å². The Kier molecular flexibility index (Phi) is 4.90. The lowest BCUT2D eigenvalue weighted by Gasteiger charge is -2.11. The first kappa shape index (κ1) is 18.5. The summed E-state index contributed by atoms with van der Waals surface area (Å²) in [4.78, 5) is -3.34. The Morgan fingerprint density at radius 3 is 0.920 bits per heavy atom. The maximum atomic E-state index is 13.7. The van der Waals surface area contributed by atoms with E-state index >= 15 is 0 Å². The summed E-state index contributed by atoms with van der Waals surface area (Å²) in [5.41, 5.74) is -3.25. The molecule has 11 heteroatoms. The molecule has 2 aromatic carbocycles. The van der Waals surface area contributed by atoms with Crippen LogP contribution in [0.4, 0.5) is 35.1 Å². The second-order valence-electron chi connectivity index (χ2n) is 4.25.